The van der Waals surface area contributed by atoms with Crippen molar-refractivity contribution in [3.8, 4) is 5.75 Å². The minimum absolute atomic E-state index is 0.0841. The second-order valence-corrected chi connectivity index (χ2v) is 6.99. The predicted octanol–water partition coefficient (Wildman–Crippen LogP) is 4.21. The Bertz CT molecular complexity index is 579. The Kier molecular flexibility index (Phi) is 5.01. The van der Waals surface area contributed by atoms with Crippen LogP contribution in [-0.4, -0.2) is 13.0 Å². The number of rotatable bonds is 4. The monoisotopic (exact) mass is 403 g/mol. The SMILES string of the molecule is COc1cccc(CNC(=O)c2cc(Br)c(Br)s2)c1. The molecule has 0 fully saturated rings. The van der Waals surface area contributed by atoms with Crippen molar-refractivity contribution in [2.24, 2.45) is 0 Å². The minimum atomic E-state index is -0.0841. The van der Waals surface area contributed by atoms with E-state index in [0.717, 1.165) is 19.6 Å². The minimum Gasteiger partial charge on any atom is -0.497 e. The molecule has 0 aliphatic carbocycles. The molecule has 1 aromatic carbocycles. The third-order valence-electron chi connectivity index (χ3n) is 2.46. The quantitative estimate of drug-likeness (QED) is 0.828. The number of carbonyl (C=O) groups is 1. The number of halogens is 2. The lowest BCUT2D eigenvalue weighted by molar-refractivity contribution is 0.0955. The molecule has 0 saturated heterocycles. The fourth-order valence-corrected chi connectivity index (χ4v) is 3.46. The summed E-state index contributed by atoms with van der Waals surface area (Å²) >= 11 is 8.14. The number of hydrogen-bond donors (Lipinski definition) is 1. The molecule has 0 atom stereocenters. The number of carbonyl (C=O) groups excluding carboxylic acids is 1. The van der Waals surface area contributed by atoms with Gasteiger partial charge in [0.2, 0.25) is 0 Å². The van der Waals surface area contributed by atoms with E-state index in [2.05, 4.69) is 37.2 Å². The molecule has 100 valence electrons. The van der Waals surface area contributed by atoms with E-state index < -0.39 is 0 Å². The van der Waals surface area contributed by atoms with Crippen molar-refractivity contribution in [1.82, 2.24) is 5.32 Å². The Morgan fingerprint density at radius 1 is 1.37 bits per heavy atom. The molecule has 1 amide bonds. The van der Waals surface area contributed by atoms with Gasteiger partial charge >= 0.3 is 0 Å². The second-order valence-electron chi connectivity index (χ2n) is 3.77. The summed E-state index contributed by atoms with van der Waals surface area (Å²) in [7, 11) is 1.62. The molecule has 1 aromatic heterocycles. The first-order chi connectivity index (χ1) is 9.10. The Hall–Kier alpha value is -0.850. The first-order valence-corrected chi connectivity index (χ1v) is 7.86. The molecule has 0 unspecified atom stereocenters. The first-order valence-electron chi connectivity index (χ1n) is 5.46. The molecule has 1 heterocycles. The van der Waals surface area contributed by atoms with Crippen molar-refractivity contribution in [2.45, 2.75) is 6.54 Å². The Morgan fingerprint density at radius 2 is 2.16 bits per heavy atom. The summed E-state index contributed by atoms with van der Waals surface area (Å²) in [6.07, 6.45) is 0. The lowest BCUT2D eigenvalue weighted by atomic mass is 10.2. The zero-order chi connectivity index (χ0) is 13.8. The van der Waals surface area contributed by atoms with Gasteiger partial charge in [0, 0.05) is 11.0 Å². The van der Waals surface area contributed by atoms with E-state index in [4.69, 9.17) is 4.74 Å². The van der Waals surface area contributed by atoms with Gasteiger partial charge in [0.15, 0.2) is 0 Å². The topological polar surface area (TPSA) is 38.3 Å². The van der Waals surface area contributed by atoms with Crippen molar-refractivity contribution < 1.29 is 9.53 Å². The maximum Gasteiger partial charge on any atom is 0.261 e. The molecule has 0 saturated carbocycles. The number of benzene rings is 1. The van der Waals surface area contributed by atoms with E-state index in [1.165, 1.54) is 11.3 Å². The van der Waals surface area contributed by atoms with Crippen molar-refractivity contribution >= 4 is 49.1 Å². The number of ether oxygens (including phenoxy) is 1. The van der Waals surface area contributed by atoms with Crippen molar-refractivity contribution in [2.75, 3.05) is 7.11 Å². The van der Waals surface area contributed by atoms with Gasteiger partial charge in [0.1, 0.15) is 5.75 Å². The molecule has 3 nitrogen and oxygen atoms in total. The third-order valence-corrected chi connectivity index (χ3v) is 5.71. The van der Waals surface area contributed by atoms with E-state index in [0.29, 0.717) is 11.4 Å². The molecule has 0 spiro atoms. The maximum absolute atomic E-state index is 12.0. The van der Waals surface area contributed by atoms with Crippen LogP contribution in [0.3, 0.4) is 0 Å². The third kappa shape index (κ3) is 3.81. The highest BCUT2D eigenvalue weighted by Gasteiger charge is 2.11. The molecule has 0 aliphatic heterocycles. The standard InChI is InChI=1S/C13H11Br2NO2S/c1-18-9-4-2-3-8(5-9)7-16-13(17)11-6-10(14)12(15)19-11/h2-6H,7H2,1H3,(H,16,17). The zero-order valence-electron chi connectivity index (χ0n) is 10.1. The van der Waals surface area contributed by atoms with Gasteiger partial charge < -0.3 is 10.1 Å². The van der Waals surface area contributed by atoms with Gasteiger partial charge in [-0.15, -0.1) is 11.3 Å². The average Bonchev–Trinajstić information content (AvgIpc) is 2.76. The maximum atomic E-state index is 12.0. The largest absolute Gasteiger partial charge is 0.497 e. The summed E-state index contributed by atoms with van der Waals surface area (Å²) in [6, 6.07) is 9.43. The van der Waals surface area contributed by atoms with Crippen LogP contribution in [0, 0.1) is 0 Å². The fraction of sp³-hybridized carbons (Fsp3) is 0.154. The lowest BCUT2D eigenvalue weighted by Crippen LogP contribution is -2.21. The molecule has 2 rings (SSSR count). The normalized spacial score (nSPS) is 10.3. The van der Waals surface area contributed by atoms with E-state index in [1.807, 2.05) is 24.3 Å². The van der Waals surface area contributed by atoms with Crippen LogP contribution in [0.15, 0.2) is 38.6 Å². The van der Waals surface area contributed by atoms with E-state index in [9.17, 15) is 4.79 Å². The van der Waals surface area contributed by atoms with Gasteiger partial charge in [0.05, 0.1) is 15.8 Å². The van der Waals surface area contributed by atoms with Crippen molar-refractivity contribution in [3.63, 3.8) is 0 Å². The highest BCUT2D eigenvalue weighted by molar-refractivity contribution is 9.13. The number of methoxy groups -OCH3 is 1. The van der Waals surface area contributed by atoms with Crippen LogP contribution in [-0.2, 0) is 6.54 Å². The van der Waals surface area contributed by atoms with Gasteiger partial charge in [-0.1, -0.05) is 12.1 Å². The molecular weight excluding hydrogens is 394 g/mol. The molecule has 6 heteroatoms. The summed E-state index contributed by atoms with van der Waals surface area (Å²) < 4.78 is 6.95. The number of amides is 1. The van der Waals surface area contributed by atoms with Gasteiger partial charge in [-0.25, -0.2) is 0 Å². The van der Waals surface area contributed by atoms with Crippen LogP contribution in [0.5, 0.6) is 5.75 Å². The van der Waals surface area contributed by atoms with Crippen LogP contribution in [0.2, 0.25) is 0 Å². The lowest BCUT2D eigenvalue weighted by Gasteiger charge is -2.05. The Balaban J connectivity index is 2.00. The van der Waals surface area contributed by atoms with Crippen molar-refractivity contribution in [1.29, 1.82) is 0 Å². The molecule has 0 radical (unpaired) electrons. The summed E-state index contributed by atoms with van der Waals surface area (Å²) in [4.78, 5) is 12.6. The first kappa shape index (κ1) is 14.6. The van der Waals surface area contributed by atoms with E-state index >= 15 is 0 Å². The molecule has 2 aromatic rings. The second kappa shape index (κ2) is 6.54. The smallest absolute Gasteiger partial charge is 0.261 e. The van der Waals surface area contributed by atoms with Crippen LogP contribution in [0.1, 0.15) is 15.2 Å². The van der Waals surface area contributed by atoms with Gasteiger partial charge in [-0.3, -0.25) is 4.79 Å². The summed E-state index contributed by atoms with van der Waals surface area (Å²) in [5.74, 6) is 0.701. The predicted molar refractivity (Wildman–Crippen MR) is 83.9 cm³/mol. The number of nitrogens with one attached hydrogen (secondary N) is 1. The van der Waals surface area contributed by atoms with Crippen LogP contribution < -0.4 is 10.1 Å². The average molecular weight is 405 g/mol. The Labute approximate surface area is 132 Å². The van der Waals surface area contributed by atoms with E-state index in [1.54, 1.807) is 13.2 Å². The van der Waals surface area contributed by atoms with Crippen LogP contribution >= 0.6 is 43.2 Å². The van der Waals surface area contributed by atoms with Crippen LogP contribution in [0.4, 0.5) is 0 Å². The van der Waals surface area contributed by atoms with Crippen molar-refractivity contribution in [3.05, 3.63) is 49.0 Å². The van der Waals surface area contributed by atoms with Crippen LogP contribution in [0.25, 0.3) is 0 Å². The Morgan fingerprint density at radius 3 is 2.79 bits per heavy atom. The van der Waals surface area contributed by atoms with E-state index in [-0.39, 0.29) is 5.91 Å². The molecule has 0 bridgehead atoms. The molecule has 1 N–H and O–H groups in total. The number of thiophene rings is 1. The van der Waals surface area contributed by atoms with Gasteiger partial charge in [0.25, 0.3) is 5.91 Å². The summed E-state index contributed by atoms with van der Waals surface area (Å²) in [5.41, 5.74) is 1.00. The summed E-state index contributed by atoms with van der Waals surface area (Å²) in [6.45, 7) is 0.475. The summed E-state index contributed by atoms with van der Waals surface area (Å²) in [5, 5.41) is 2.88. The zero-order valence-corrected chi connectivity index (χ0v) is 14.1. The van der Waals surface area contributed by atoms with Gasteiger partial charge in [-0.05, 0) is 55.6 Å². The fourth-order valence-electron chi connectivity index (χ4n) is 1.51. The molecular formula is C13H11Br2NO2S. The molecule has 19 heavy (non-hydrogen) atoms. The molecule has 0 aliphatic rings. The highest BCUT2D eigenvalue weighted by atomic mass is 79.9. The highest BCUT2D eigenvalue weighted by Crippen LogP contribution is 2.32. The number of hydrogen-bond acceptors (Lipinski definition) is 3. The van der Waals surface area contributed by atoms with Gasteiger partial charge in [-0.2, -0.15) is 0 Å².